The zero-order valence-electron chi connectivity index (χ0n) is 13.1. The quantitative estimate of drug-likeness (QED) is 0.243. The van der Waals surface area contributed by atoms with Crippen molar-refractivity contribution in [3.63, 3.8) is 0 Å². The summed E-state index contributed by atoms with van der Waals surface area (Å²) in [6.07, 6.45) is 4.89. The molecule has 0 spiro atoms. The number of unbranched alkanes of at least 4 members (excludes halogenated alkanes) is 3. The van der Waals surface area contributed by atoms with Crippen molar-refractivity contribution < 1.29 is 26.4 Å². The van der Waals surface area contributed by atoms with Gasteiger partial charge in [-0.25, -0.2) is 16.8 Å². The minimum absolute atomic E-state index is 0.283. The van der Waals surface area contributed by atoms with E-state index in [4.69, 9.17) is 10.3 Å². The second-order valence-electron chi connectivity index (χ2n) is 5.02. The zero-order valence-corrected chi connectivity index (χ0v) is 14.7. The Balaban J connectivity index is 2.86. The van der Waals surface area contributed by atoms with E-state index in [2.05, 4.69) is 11.7 Å². The smallest absolute Gasteiger partial charge is 0.494 e. The monoisotopic (exact) mass is 360 g/mol. The Kier molecular flexibility index (Phi) is 6.93. The minimum Gasteiger partial charge on any atom is -0.494 e. The molecule has 0 aliphatic rings. The number of hydrogen-bond donors (Lipinski definition) is 0. The Hall–Kier alpha value is -1.70. The Morgan fingerprint density at radius 2 is 1.70 bits per heavy atom. The summed E-state index contributed by atoms with van der Waals surface area (Å²) in [5, 5.41) is 0. The van der Waals surface area contributed by atoms with Gasteiger partial charge in [0.1, 0.15) is 5.75 Å². The summed E-state index contributed by atoms with van der Waals surface area (Å²) in [6, 6.07) is 5.30. The molecule has 1 rings (SSSR count). The molecule has 1 aromatic carbocycles. The standard InChI is InChI=1S/C14H20N2O5S2/c1-3-4-5-6-11-21-12-7-9-13(10-8-12)23(19,20)14(16-15)22(2,17)18/h7-10H,3-6,11H2,1-2H3. The minimum atomic E-state index is -4.40. The molecular formula is C14H20N2O5S2. The molecule has 0 saturated carbocycles. The van der Waals surface area contributed by atoms with E-state index in [1.54, 1.807) is 0 Å². The van der Waals surface area contributed by atoms with E-state index in [-0.39, 0.29) is 4.90 Å². The topological polar surface area (TPSA) is 114 Å². The van der Waals surface area contributed by atoms with E-state index < -0.39 is 24.1 Å². The first-order valence-electron chi connectivity index (χ1n) is 7.13. The Morgan fingerprint density at radius 3 is 2.17 bits per heavy atom. The van der Waals surface area contributed by atoms with Crippen LogP contribution in [0.4, 0.5) is 0 Å². The summed E-state index contributed by atoms with van der Waals surface area (Å²) in [5.74, 6) is 0.488. The van der Waals surface area contributed by atoms with Gasteiger partial charge in [0.15, 0.2) is 0 Å². The van der Waals surface area contributed by atoms with Gasteiger partial charge < -0.3 is 10.3 Å². The van der Waals surface area contributed by atoms with E-state index in [0.29, 0.717) is 18.6 Å². The first kappa shape index (κ1) is 19.3. The molecule has 1 aromatic rings. The van der Waals surface area contributed by atoms with Crippen LogP contribution in [0.25, 0.3) is 5.53 Å². The first-order valence-corrected chi connectivity index (χ1v) is 10.5. The number of nitrogens with zero attached hydrogens (tertiary/aromatic N) is 2. The van der Waals surface area contributed by atoms with Gasteiger partial charge in [-0.2, -0.15) is 0 Å². The maximum absolute atomic E-state index is 12.1. The number of benzene rings is 1. The molecule has 0 bridgehead atoms. The van der Waals surface area contributed by atoms with Crippen LogP contribution in [0.2, 0.25) is 0 Å². The van der Waals surface area contributed by atoms with Crippen LogP contribution in [0.3, 0.4) is 0 Å². The highest BCUT2D eigenvalue weighted by molar-refractivity contribution is 8.30. The summed E-state index contributed by atoms with van der Waals surface area (Å²) < 4.78 is 51.3. The van der Waals surface area contributed by atoms with E-state index in [0.717, 1.165) is 25.7 Å². The molecule has 23 heavy (non-hydrogen) atoms. The van der Waals surface area contributed by atoms with Crippen molar-refractivity contribution in [1.29, 1.82) is 0 Å². The van der Waals surface area contributed by atoms with Gasteiger partial charge in [0.05, 0.1) is 17.8 Å². The van der Waals surface area contributed by atoms with Crippen LogP contribution < -0.4 is 4.74 Å². The molecule has 0 N–H and O–H groups in total. The lowest BCUT2D eigenvalue weighted by molar-refractivity contribution is 0.00385. The SMILES string of the molecule is CCCCCCOc1ccc(S(=O)(=O)C(=[N+]=[N-])S(C)(=O)=O)cc1. The van der Waals surface area contributed by atoms with Gasteiger partial charge in [0, 0.05) is 0 Å². The predicted octanol–water partition coefficient (Wildman–Crippen LogP) is 2.05. The zero-order chi connectivity index (χ0) is 17.5. The Labute approximate surface area is 136 Å². The highest BCUT2D eigenvalue weighted by Crippen LogP contribution is 2.19. The van der Waals surface area contributed by atoms with Gasteiger partial charge in [-0.15, -0.1) is 4.79 Å². The lowest BCUT2D eigenvalue weighted by atomic mass is 10.2. The first-order chi connectivity index (χ1) is 10.7. The van der Waals surface area contributed by atoms with Crippen molar-refractivity contribution in [2.24, 2.45) is 0 Å². The molecule has 0 heterocycles. The third-order valence-electron chi connectivity index (χ3n) is 3.03. The summed E-state index contributed by atoms with van der Waals surface area (Å²) in [4.78, 5) is 2.13. The van der Waals surface area contributed by atoms with Crippen molar-refractivity contribution in [2.75, 3.05) is 12.9 Å². The molecule has 0 aromatic heterocycles. The van der Waals surface area contributed by atoms with Crippen molar-refractivity contribution in [2.45, 2.75) is 37.5 Å². The van der Waals surface area contributed by atoms with Crippen LogP contribution in [0, 0.1) is 0 Å². The maximum Gasteiger partial charge on any atom is 0.499 e. The van der Waals surface area contributed by atoms with E-state index in [1.165, 1.54) is 24.3 Å². The van der Waals surface area contributed by atoms with Crippen LogP contribution in [0.15, 0.2) is 29.2 Å². The van der Waals surface area contributed by atoms with Gasteiger partial charge >= 0.3 is 4.38 Å². The number of sulfone groups is 2. The Bertz CT molecular complexity index is 777. The molecule has 0 aliphatic carbocycles. The van der Waals surface area contributed by atoms with Gasteiger partial charge in [0.25, 0.3) is 19.7 Å². The fourth-order valence-corrected chi connectivity index (χ4v) is 4.70. The van der Waals surface area contributed by atoms with Crippen molar-refractivity contribution in [3.8, 4) is 5.75 Å². The fraction of sp³-hybridized carbons (Fsp3) is 0.500. The van der Waals surface area contributed by atoms with Crippen LogP contribution in [-0.2, 0) is 19.7 Å². The van der Waals surface area contributed by atoms with Gasteiger partial charge in [-0.1, -0.05) is 26.2 Å². The lowest BCUT2D eigenvalue weighted by Gasteiger charge is -2.06. The molecule has 0 amide bonds. The molecule has 0 saturated heterocycles. The fourth-order valence-electron chi connectivity index (χ4n) is 1.86. The number of hydrogen-bond acceptors (Lipinski definition) is 5. The van der Waals surface area contributed by atoms with Crippen molar-refractivity contribution in [3.05, 3.63) is 29.8 Å². The summed E-state index contributed by atoms with van der Waals surface area (Å²) in [5.41, 5.74) is 8.71. The molecule has 0 unspecified atom stereocenters. The summed E-state index contributed by atoms with van der Waals surface area (Å²) in [7, 11) is -8.57. The summed E-state index contributed by atoms with van der Waals surface area (Å²) in [6.45, 7) is 2.64. The van der Waals surface area contributed by atoms with Gasteiger partial charge in [-0.3, -0.25) is 0 Å². The third-order valence-corrected chi connectivity index (χ3v) is 6.75. The van der Waals surface area contributed by atoms with Crippen molar-refractivity contribution >= 4 is 24.1 Å². The molecule has 0 radical (unpaired) electrons. The van der Waals surface area contributed by atoms with Gasteiger partial charge in [0.2, 0.25) is 0 Å². The molecule has 9 heteroatoms. The van der Waals surface area contributed by atoms with E-state index in [1.807, 2.05) is 0 Å². The number of rotatable bonds is 7. The van der Waals surface area contributed by atoms with Gasteiger partial charge in [-0.05, 0) is 30.7 Å². The highest BCUT2D eigenvalue weighted by Gasteiger charge is 2.39. The molecular weight excluding hydrogens is 340 g/mol. The van der Waals surface area contributed by atoms with Crippen LogP contribution in [-0.4, -0.2) is 38.9 Å². The largest absolute Gasteiger partial charge is 0.499 e. The van der Waals surface area contributed by atoms with Crippen LogP contribution >= 0.6 is 0 Å². The van der Waals surface area contributed by atoms with Crippen molar-refractivity contribution in [1.82, 2.24) is 0 Å². The third kappa shape index (κ3) is 5.46. The maximum atomic E-state index is 12.1. The molecule has 128 valence electrons. The number of ether oxygens (including phenoxy) is 1. The molecule has 7 nitrogen and oxygen atoms in total. The van der Waals surface area contributed by atoms with E-state index >= 15 is 0 Å². The Morgan fingerprint density at radius 1 is 1.09 bits per heavy atom. The second-order valence-corrected chi connectivity index (χ2v) is 9.08. The normalized spacial score (nSPS) is 11.7. The predicted molar refractivity (Wildman–Crippen MR) is 86.7 cm³/mol. The summed E-state index contributed by atoms with van der Waals surface area (Å²) >= 11 is 0. The average molecular weight is 360 g/mol. The highest BCUT2D eigenvalue weighted by atomic mass is 32.3. The molecule has 0 fully saturated rings. The lowest BCUT2D eigenvalue weighted by Crippen LogP contribution is -2.24. The van der Waals surface area contributed by atoms with Crippen LogP contribution in [0.5, 0.6) is 5.75 Å². The molecule has 0 atom stereocenters. The second kappa shape index (κ2) is 8.24. The van der Waals surface area contributed by atoms with E-state index in [9.17, 15) is 16.8 Å². The molecule has 0 aliphatic heterocycles. The average Bonchev–Trinajstić information content (AvgIpc) is 2.46. The van der Waals surface area contributed by atoms with Crippen LogP contribution in [0.1, 0.15) is 32.6 Å².